The molecular formula is C13H22IN5. The Kier molecular flexibility index (Phi) is 4.70. The van der Waals surface area contributed by atoms with Gasteiger partial charge in [0.15, 0.2) is 5.96 Å². The van der Waals surface area contributed by atoms with E-state index in [2.05, 4.69) is 26.5 Å². The summed E-state index contributed by atoms with van der Waals surface area (Å²) < 4.78 is 1.88. The molecule has 1 aromatic rings. The van der Waals surface area contributed by atoms with Crippen molar-refractivity contribution in [2.45, 2.75) is 31.2 Å². The van der Waals surface area contributed by atoms with E-state index in [4.69, 9.17) is 0 Å². The van der Waals surface area contributed by atoms with Crippen LogP contribution < -0.4 is 5.32 Å². The predicted molar refractivity (Wildman–Crippen MR) is 87.1 cm³/mol. The van der Waals surface area contributed by atoms with Gasteiger partial charge in [-0.1, -0.05) is 0 Å². The van der Waals surface area contributed by atoms with Crippen LogP contribution in [0.4, 0.5) is 0 Å². The molecule has 2 aliphatic rings. The van der Waals surface area contributed by atoms with Crippen molar-refractivity contribution in [1.82, 2.24) is 20.0 Å². The van der Waals surface area contributed by atoms with Crippen molar-refractivity contribution in [3.63, 3.8) is 0 Å². The first-order valence-electron chi connectivity index (χ1n) is 6.73. The van der Waals surface area contributed by atoms with Crippen LogP contribution in [0, 0.1) is 0 Å². The number of hydrogen-bond donors (Lipinski definition) is 1. The number of rotatable bonds is 2. The van der Waals surface area contributed by atoms with Gasteiger partial charge in [-0.2, -0.15) is 5.10 Å². The van der Waals surface area contributed by atoms with E-state index in [1.807, 2.05) is 25.0 Å². The van der Waals surface area contributed by atoms with Crippen molar-refractivity contribution in [1.29, 1.82) is 0 Å². The lowest BCUT2D eigenvalue weighted by Gasteiger charge is -2.21. The number of hydrogen-bond acceptors (Lipinski definition) is 2. The Morgan fingerprint density at radius 3 is 2.79 bits per heavy atom. The van der Waals surface area contributed by atoms with Crippen LogP contribution in [0.2, 0.25) is 0 Å². The summed E-state index contributed by atoms with van der Waals surface area (Å²) in [6.45, 7) is 2.14. The smallest absolute Gasteiger partial charge is 0.193 e. The van der Waals surface area contributed by atoms with Crippen molar-refractivity contribution in [2.75, 3.05) is 20.1 Å². The highest BCUT2D eigenvalue weighted by Crippen LogP contribution is 2.27. The summed E-state index contributed by atoms with van der Waals surface area (Å²) in [6, 6.07) is 0.668. The molecule has 19 heavy (non-hydrogen) atoms. The minimum absolute atomic E-state index is 0. The molecule has 106 valence electrons. The lowest BCUT2D eigenvalue weighted by molar-refractivity contribution is 0.485. The Labute approximate surface area is 131 Å². The van der Waals surface area contributed by atoms with Gasteiger partial charge in [0.05, 0.1) is 6.20 Å². The average Bonchev–Trinajstić information content (AvgIpc) is 2.88. The molecule has 1 saturated carbocycles. The summed E-state index contributed by atoms with van der Waals surface area (Å²) in [5.74, 6) is 1.67. The van der Waals surface area contributed by atoms with Crippen LogP contribution in [0.15, 0.2) is 17.4 Å². The zero-order chi connectivity index (χ0) is 12.5. The van der Waals surface area contributed by atoms with Crippen LogP contribution in [0.1, 0.15) is 30.7 Å². The van der Waals surface area contributed by atoms with Crippen LogP contribution in [-0.2, 0) is 7.05 Å². The minimum Gasteiger partial charge on any atom is -0.354 e. The highest BCUT2D eigenvalue weighted by molar-refractivity contribution is 14.0. The molecule has 5 nitrogen and oxygen atoms in total. The summed E-state index contributed by atoms with van der Waals surface area (Å²) in [6.07, 6.45) is 7.89. The molecule has 0 bridgehead atoms. The van der Waals surface area contributed by atoms with Crippen molar-refractivity contribution in [2.24, 2.45) is 12.0 Å². The Balaban J connectivity index is 0.00000133. The average molecular weight is 375 g/mol. The zero-order valence-corrected chi connectivity index (χ0v) is 13.9. The summed E-state index contributed by atoms with van der Waals surface area (Å²) >= 11 is 0. The first-order chi connectivity index (χ1) is 8.76. The Morgan fingerprint density at radius 1 is 1.42 bits per heavy atom. The maximum atomic E-state index is 4.39. The van der Waals surface area contributed by atoms with Crippen LogP contribution >= 0.6 is 24.0 Å². The normalized spacial score (nSPS) is 23.4. The molecule has 0 amide bonds. The molecular weight excluding hydrogens is 353 g/mol. The van der Waals surface area contributed by atoms with Crippen LogP contribution in [0.3, 0.4) is 0 Å². The number of aromatic nitrogens is 2. The number of aliphatic imine (C=N–C) groups is 1. The second kappa shape index (κ2) is 6.11. The van der Waals surface area contributed by atoms with E-state index in [-0.39, 0.29) is 24.0 Å². The predicted octanol–water partition coefficient (Wildman–Crippen LogP) is 1.57. The fourth-order valence-corrected chi connectivity index (χ4v) is 2.58. The third kappa shape index (κ3) is 3.40. The highest BCUT2D eigenvalue weighted by Gasteiger charge is 2.30. The van der Waals surface area contributed by atoms with E-state index in [1.54, 1.807) is 0 Å². The largest absolute Gasteiger partial charge is 0.354 e. The van der Waals surface area contributed by atoms with Gasteiger partial charge < -0.3 is 10.2 Å². The van der Waals surface area contributed by atoms with Crippen LogP contribution in [-0.4, -0.2) is 46.8 Å². The molecule has 1 aromatic heterocycles. The molecule has 2 fully saturated rings. The van der Waals surface area contributed by atoms with E-state index < -0.39 is 0 Å². The van der Waals surface area contributed by atoms with Crippen molar-refractivity contribution in [3.8, 4) is 0 Å². The molecule has 0 aromatic carbocycles. The molecule has 1 unspecified atom stereocenters. The third-order valence-corrected chi connectivity index (χ3v) is 3.81. The number of aryl methyl sites for hydroxylation is 1. The van der Waals surface area contributed by atoms with E-state index in [1.165, 1.54) is 24.8 Å². The lowest BCUT2D eigenvalue weighted by atomic mass is 10.0. The van der Waals surface area contributed by atoms with Gasteiger partial charge in [0.2, 0.25) is 0 Å². The van der Waals surface area contributed by atoms with Crippen molar-refractivity contribution in [3.05, 3.63) is 18.0 Å². The van der Waals surface area contributed by atoms with Gasteiger partial charge in [-0.25, -0.2) is 0 Å². The zero-order valence-electron chi connectivity index (χ0n) is 11.5. The van der Waals surface area contributed by atoms with Crippen molar-refractivity contribution < 1.29 is 0 Å². The SMILES string of the molecule is CN=C(NC1CC1)N1CCC(c2cnn(C)c2)C1.I. The second-order valence-corrected chi connectivity index (χ2v) is 5.34. The number of nitrogens with one attached hydrogen (secondary N) is 1. The van der Waals surface area contributed by atoms with Gasteiger partial charge in [-0.15, -0.1) is 24.0 Å². The number of guanidine groups is 1. The Morgan fingerprint density at radius 2 is 2.21 bits per heavy atom. The maximum Gasteiger partial charge on any atom is 0.193 e. The van der Waals surface area contributed by atoms with E-state index in [0.29, 0.717) is 12.0 Å². The monoisotopic (exact) mass is 375 g/mol. The maximum absolute atomic E-state index is 4.39. The van der Waals surface area contributed by atoms with Gasteiger partial charge in [-0.05, 0) is 24.8 Å². The molecule has 6 heteroatoms. The van der Waals surface area contributed by atoms with Gasteiger partial charge in [0.25, 0.3) is 0 Å². The molecule has 0 spiro atoms. The number of halogens is 1. The summed E-state index contributed by atoms with van der Waals surface area (Å²) in [4.78, 5) is 6.77. The van der Waals surface area contributed by atoms with Gasteiger partial charge in [0, 0.05) is 45.3 Å². The molecule has 3 rings (SSSR count). The molecule has 1 aliphatic heterocycles. The summed E-state index contributed by atoms with van der Waals surface area (Å²) in [7, 11) is 3.85. The number of likely N-dealkylation sites (tertiary alicyclic amines) is 1. The topological polar surface area (TPSA) is 45.5 Å². The van der Waals surface area contributed by atoms with E-state index in [0.717, 1.165) is 19.0 Å². The quantitative estimate of drug-likeness (QED) is 0.485. The van der Waals surface area contributed by atoms with Gasteiger partial charge in [-0.3, -0.25) is 9.67 Å². The molecule has 0 radical (unpaired) electrons. The van der Waals surface area contributed by atoms with Gasteiger partial charge in [0.1, 0.15) is 0 Å². The lowest BCUT2D eigenvalue weighted by Crippen LogP contribution is -2.40. The third-order valence-electron chi connectivity index (χ3n) is 3.81. The summed E-state index contributed by atoms with van der Waals surface area (Å²) in [5, 5.41) is 7.78. The number of nitrogens with zero attached hydrogens (tertiary/aromatic N) is 4. The van der Waals surface area contributed by atoms with Gasteiger partial charge >= 0.3 is 0 Å². The molecule has 2 heterocycles. The van der Waals surface area contributed by atoms with Crippen molar-refractivity contribution >= 4 is 29.9 Å². The van der Waals surface area contributed by atoms with Crippen LogP contribution in [0.25, 0.3) is 0 Å². The first-order valence-corrected chi connectivity index (χ1v) is 6.73. The molecule has 1 N–H and O–H groups in total. The molecule has 1 atom stereocenters. The Hall–Kier alpha value is -0.790. The highest BCUT2D eigenvalue weighted by atomic mass is 127. The van der Waals surface area contributed by atoms with E-state index in [9.17, 15) is 0 Å². The van der Waals surface area contributed by atoms with Crippen LogP contribution in [0.5, 0.6) is 0 Å². The molecule has 1 saturated heterocycles. The first kappa shape index (κ1) is 14.6. The summed E-state index contributed by atoms with van der Waals surface area (Å²) in [5.41, 5.74) is 1.35. The van der Waals surface area contributed by atoms with E-state index >= 15 is 0 Å². The fraction of sp³-hybridized carbons (Fsp3) is 0.692. The molecule has 1 aliphatic carbocycles. The Bertz CT molecular complexity index is 452. The minimum atomic E-state index is 0. The second-order valence-electron chi connectivity index (χ2n) is 5.34. The fourth-order valence-electron chi connectivity index (χ4n) is 2.58. The standard InChI is InChI=1S/C13H21N5.HI/c1-14-13(16-12-3-4-12)18-6-5-10(9-18)11-7-15-17(2)8-11;/h7-8,10,12H,3-6,9H2,1-2H3,(H,14,16);1H.